The molecule has 0 atom stereocenters. The van der Waals surface area contributed by atoms with Crippen LogP contribution in [-0.2, 0) is 14.3 Å². The Hall–Kier alpha value is -0.801. The van der Waals surface area contributed by atoms with Crippen molar-refractivity contribution in [1.29, 1.82) is 0 Å². The molecule has 1 nitrogen and oxygen atoms in total. The second kappa shape index (κ2) is 7.47. The summed E-state index contributed by atoms with van der Waals surface area (Å²) in [6.45, 7) is 0. The molecular formula is C14H14OSn. The molecule has 0 aliphatic carbocycles. The molecule has 0 heterocycles. The second-order valence-electron chi connectivity index (χ2n) is 3.57. The molecule has 0 amide bonds. The van der Waals surface area contributed by atoms with Crippen LogP contribution in [0.2, 0.25) is 0 Å². The zero-order valence-electron chi connectivity index (χ0n) is 9.10. The van der Waals surface area contributed by atoms with Gasteiger partial charge in [0.25, 0.3) is 0 Å². The summed E-state index contributed by atoms with van der Waals surface area (Å²) >= 11 is -0.258. The maximum absolute atomic E-state index is 2.24. The van der Waals surface area contributed by atoms with Crippen molar-refractivity contribution >= 4 is 21.1 Å². The van der Waals surface area contributed by atoms with Crippen molar-refractivity contribution in [3.05, 3.63) is 71.8 Å². The molecule has 0 N–H and O–H groups in total. The Balaban J connectivity index is 0.00000128. The van der Waals surface area contributed by atoms with E-state index in [2.05, 4.69) is 60.7 Å². The first-order chi connectivity index (χ1) is 7.45. The molecule has 2 aromatic carbocycles. The molecule has 0 aliphatic rings. The van der Waals surface area contributed by atoms with Gasteiger partial charge in [0.05, 0.1) is 0 Å². The van der Waals surface area contributed by atoms with Crippen LogP contribution in [0.5, 0.6) is 0 Å². The van der Waals surface area contributed by atoms with Crippen molar-refractivity contribution in [3.63, 3.8) is 0 Å². The topological polar surface area (TPSA) is 28.5 Å². The van der Waals surface area contributed by atoms with Crippen molar-refractivity contribution in [2.75, 3.05) is 0 Å². The maximum atomic E-state index is 2.24. The van der Waals surface area contributed by atoms with Crippen molar-refractivity contribution in [2.45, 2.75) is 8.87 Å². The van der Waals surface area contributed by atoms with Crippen molar-refractivity contribution in [3.8, 4) is 0 Å². The zero-order valence-corrected chi connectivity index (χ0v) is 12.0. The van der Waals surface area contributed by atoms with Gasteiger partial charge in [-0.1, -0.05) is 0 Å². The summed E-state index contributed by atoms with van der Waals surface area (Å²) < 4.78 is 2.69. The van der Waals surface area contributed by atoms with Gasteiger partial charge in [0, 0.05) is 0 Å². The van der Waals surface area contributed by atoms with Gasteiger partial charge in [0.15, 0.2) is 0 Å². The molecular weight excluding hydrogens is 303 g/mol. The third kappa shape index (κ3) is 4.37. The van der Waals surface area contributed by atoms with Gasteiger partial charge in [0.2, 0.25) is 0 Å². The van der Waals surface area contributed by atoms with Gasteiger partial charge in [0.1, 0.15) is 0 Å². The number of hydrogen-bond acceptors (Lipinski definition) is 0. The Bertz CT molecular complexity index is 346. The van der Waals surface area contributed by atoms with Gasteiger partial charge in [-0.05, 0) is 0 Å². The zero-order chi connectivity index (χ0) is 10.3. The molecule has 2 heteroatoms. The van der Waals surface area contributed by atoms with Gasteiger partial charge < -0.3 is 5.48 Å². The predicted molar refractivity (Wildman–Crippen MR) is 66.7 cm³/mol. The molecule has 2 rings (SSSR count). The fourth-order valence-electron chi connectivity index (χ4n) is 1.54. The summed E-state index contributed by atoms with van der Waals surface area (Å²) in [7, 11) is 0. The van der Waals surface area contributed by atoms with Crippen LogP contribution in [0, 0.1) is 0 Å². The average Bonchev–Trinajstić information content (AvgIpc) is 2.32. The third-order valence-corrected chi connectivity index (χ3v) is 6.10. The van der Waals surface area contributed by atoms with E-state index < -0.39 is 0 Å². The molecule has 0 fully saturated rings. The van der Waals surface area contributed by atoms with E-state index in [0.717, 1.165) is 0 Å². The van der Waals surface area contributed by atoms with E-state index in [-0.39, 0.29) is 26.6 Å². The quantitative estimate of drug-likeness (QED) is 0.776. The molecule has 0 spiro atoms. The molecule has 0 aromatic heterocycles. The van der Waals surface area contributed by atoms with E-state index in [1.807, 2.05) is 0 Å². The minimum absolute atomic E-state index is 0. The first-order valence-corrected chi connectivity index (χ1v) is 9.27. The third-order valence-electron chi connectivity index (χ3n) is 2.34. The molecule has 0 radical (unpaired) electrons. The normalized spacial score (nSPS) is 9.00. The Morgan fingerprint density at radius 1 is 0.625 bits per heavy atom. The van der Waals surface area contributed by atoms with Crippen molar-refractivity contribution < 1.29 is 5.48 Å². The number of rotatable bonds is 4. The summed E-state index contributed by atoms with van der Waals surface area (Å²) in [6.07, 6.45) is 0. The van der Waals surface area contributed by atoms with Crippen LogP contribution < -0.4 is 0 Å². The van der Waals surface area contributed by atoms with E-state index in [0.29, 0.717) is 0 Å². The summed E-state index contributed by atoms with van der Waals surface area (Å²) in [5.41, 5.74) is 3.03. The van der Waals surface area contributed by atoms with Crippen molar-refractivity contribution in [1.82, 2.24) is 0 Å². The molecule has 0 aliphatic heterocycles. The van der Waals surface area contributed by atoms with Gasteiger partial charge in [-0.2, -0.15) is 0 Å². The van der Waals surface area contributed by atoms with Crippen LogP contribution in [0.15, 0.2) is 60.7 Å². The first-order valence-electron chi connectivity index (χ1n) is 5.24. The van der Waals surface area contributed by atoms with Gasteiger partial charge in [-0.15, -0.1) is 0 Å². The Kier molecular flexibility index (Phi) is 6.19. The molecule has 0 unspecified atom stereocenters. The van der Waals surface area contributed by atoms with E-state index >= 15 is 0 Å². The molecule has 80 valence electrons. The predicted octanol–water partition coefficient (Wildman–Crippen LogP) is 2.97. The van der Waals surface area contributed by atoms with Crippen LogP contribution in [0.1, 0.15) is 11.1 Å². The van der Waals surface area contributed by atoms with Gasteiger partial charge in [-0.3, -0.25) is 0 Å². The standard InChI is InChI=1S/2C7H7.O.Sn/c2*1-7-5-3-2-4-6-7;;/h2*2-6H,1H2;;/q;;-2;+2. The fraction of sp³-hybridized carbons (Fsp3) is 0.143. The SMILES string of the molecule is [O-2].c1ccc([CH2][Sn+2][CH2]c2ccccc2)cc1. The van der Waals surface area contributed by atoms with Gasteiger partial charge in [-0.25, -0.2) is 0 Å². The van der Waals surface area contributed by atoms with E-state index in [1.165, 1.54) is 20.0 Å². The van der Waals surface area contributed by atoms with Crippen LogP contribution in [0.4, 0.5) is 0 Å². The minimum atomic E-state index is -0.258. The number of hydrogen-bond donors (Lipinski definition) is 0. The van der Waals surface area contributed by atoms with E-state index in [9.17, 15) is 0 Å². The van der Waals surface area contributed by atoms with Crippen molar-refractivity contribution in [2.24, 2.45) is 0 Å². The Morgan fingerprint density at radius 3 is 1.38 bits per heavy atom. The molecule has 0 saturated carbocycles. The Morgan fingerprint density at radius 2 is 1.00 bits per heavy atom. The van der Waals surface area contributed by atoms with E-state index in [4.69, 9.17) is 0 Å². The summed E-state index contributed by atoms with van der Waals surface area (Å²) in [5.74, 6) is 0. The first kappa shape index (κ1) is 13.3. The van der Waals surface area contributed by atoms with Gasteiger partial charge >= 0.3 is 102 Å². The average molecular weight is 317 g/mol. The Labute approximate surface area is 107 Å². The van der Waals surface area contributed by atoms with Crippen LogP contribution in [-0.4, -0.2) is 21.1 Å². The van der Waals surface area contributed by atoms with Crippen LogP contribution in [0.3, 0.4) is 0 Å². The molecule has 0 bridgehead atoms. The summed E-state index contributed by atoms with van der Waals surface area (Å²) in [5, 5.41) is 0. The summed E-state index contributed by atoms with van der Waals surface area (Å²) in [4.78, 5) is 0. The van der Waals surface area contributed by atoms with Crippen LogP contribution in [0.25, 0.3) is 0 Å². The second-order valence-corrected chi connectivity index (χ2v) is 7.02. The monoisotopic (exact) mass is 318 g/mol. The molecule has 2 aromatic rings. The molecule has 0 saturated heterocycles. The fourth-order valence-corrected chi connectivity index (χ4v) is 4.89. The van der Waals surface area contributed by atoms with E-state index in [1.54, 1.807) is 0 Å². The summed E-state index contributed by atoms with van der Waals surface area (Å²) in [6, 6.07) is 21.7. The number of benzene rings is 2. The van der Waals surface area contributed by atoms with Crippen LogP contribution >= 0.6 is 0 Å². The molecule has 16 heavy (non-hydrogen) atoms.